The van der Waals surface area contributed by atoms with Crippen LogP contribution in [-0.2, 0) is 19.6 Å². The minimum absolute atomic E-state index is 0.107. The first-order valence-corrected chi connectivity index (χ1v) is 12.9. The number of carbonyl (C=O) groups excluding carboxylic acids is 1. The zero-order valence-electron chi connectivity index (χ0n) is 19.2. The number of benzene rings is 2. The lowest BCUT2D eigenvalue weighted by Gasteiger charge is -2.29. The molecule has 0 unspecified atom stereocenters. The van der Waals surface area contributed by atoms with E-state index in [-0.39, 0.29) is 42.1 Å². The molecule has 0 radical (unpaired) electrons. The summed E-state index contributed by atoms with van der Waals surface area (Å²) in [6, 6.07) is 15.7. The van der Waals surface area contributed by atoms with E-state index in [1.807, 2.05) is 30.3 Å². The summed E-state index contributed by atoms with van der Waals surface area (Å²) in [5, 5.41) is 15.0. The molecule has 0 aliphatic heterocycles. The van der Waals surface area contributed by atoms with Crippen molar-refractivity contribution < 1.29 is 23.1 Å². The third-order valence-electron chi connectivity index (χ3n) is 6.18. The molecule has 3 N–H and O–H groups in total. The second-order valence-corrected chi connectivity index (χ2v) is 10.4. The number of amides is 1. The van der Waals surface area contributed by atoms with E-state index < -0.39 is 22.0 Å². The standard InChI is InChI=1S/C24H29N5O5S/c25-29-26-16-21(14-23(30)31)28-24(32)20-8-6-17(7-9-20)15-27-35(33,34)22-12-10-19(11-13-22)18-4-2-1-3-5-18/h1-5,10-13,17,20-21,27H,6-9,14-16H2,(H,28,32)(H,30,31)/t17?,20?,21-/m0/s1. The molecule has 0 aromatic heterocycles. The van der Waals surface area contributed by atoms with Gasteiger partial charge in [0.05, 0.1) is 11.3 Å². The van der Waals surface area contributed by atoms with Gasteiger partial charge in [-0.15, -0.1) is 0 Å². The lowest BCUT2D eigenvalue weighted by molar-refractivity contribution is -0.137. The van der Waals surface area contributed by atoms with Crippen molar-refractivity contribution in [2.75, 3.05) is 13.1 Å². The maximum Gasteiger partial charge on any atom is 0.305 e. The first-order valence-electron chi connectivity index (χ1n) is 11.5. The molecule has 35 heavy (non-hydrogen) atoms. The van der Waals surface area contributed by atoms with Crippen molar-refractivity contribution in [2.24, 2.45) is 17.0 Å². The molecule has 1 amide bonds. The highest BCUT2D eigenvalue weighted by atomic mass is 32.2. The average Bonchev–Trinajstić information content (AvgIpc) is 2.86. The second-order valence-electron chi connectivity index (χ2n) is 8.68. The number of carboxylic acid groups (broad SMARTS) is 1. The third-order valence-corrected chi connectivity index (χ3v) is 7.62. The van der Waals surface area contributed by atoms with E-state index in [4.69, 9.17) is 10.6 Å². The number of sulfonamides is 1. The molecule has 3 rings (SSSR count). The predicted molar refractivity (Wildman–Crippen MR) is 131 cm³/mol. The van der Waals surface area contributed by atoms with Crippen LogP contribution in [-0.4, -0.2) is 44.5 Å². The zero-order chi connectivity index (χ0) is 25.3. The van der Waals surface area contributed by atoms with Gasteiger partial charge in [0.15, 0.2) is 0 Å². The molecule has 1 fully saturated rings. The van der Waals surface area contributed by atoms with Crippen LogP contribution in [0.4, 0.5) is 0 Å². The van der Waals surface area contributed by atoms with E-state index in [0.29, 0.717) is 25.7 Å². The van der Waals surface area contributed by atoms with Gasteiger partial charge in [-0.05, 0) is 60.4 Å². The molecule has 0 saturated heterocycles. The second kappa shape index (κ2) is 12.3. The Bertz CT molecular complexity index is 1150. The maximum atomic E-state index is 12.7. The van der Waals surface area contributed by atoms with Gasteiger partial charge in [0.25, 0.3) is 0 Å². The van der Waals surface area contributed by atoms with Crippen LogP contribution in [0, 0.1) is 11.8 Å². The number of nitrogens with one attached hydrogen (secondary N) is 2. The van der Waals surface area contributed by atoms with Gasteiger partial charge < -0.3 is 10.4 Å². The Morgan fingerprint density at radius 3 is 2.26 bits per heavy atom. The summed E-state index contributed by atoms with van der Waals surface area (Å²) >= 11 is 0. The van der Waals surface area contributed by atoms with Crippen molar-refractivity contribution in [1.82, 2.24) is 10.0 Å². The first-order chi connectivity index (χ1) is 16.8. The van der Waals surface area contributed by atoms with Crippen molar-refractivity contribution in [2.45, 2.75) is 43.0 Å². The number of azide groups is 1. The molecule has 10 nitrogen and oxygen atoms in total. The van der Waals surface area contributed by atoms with Gasteiger partial charge in [-0.2, -0.15) is 0 Å². The van der Waals surface area contributed by atoms with Gasteiger partial charge in [-0.1, -0.05) is 47.6 Å². The van der Waals surface area contributed by atoms with E-state index in [0.717, 1.165) is 11.1 Å². The van der Waals surface area contributed by atoms with Crippen molar-refractivity contribution in [3.8, 4) is 11.1 Å². The molecule has 11 heteroatoms. The first kappa shape index (κ1) is 26.2. The summed E-state index contributed by atoms with van der Waals surface area (Å²) in [7, 11) is -3.65. The van der Waals surface area contributed by atoms with Crippen LogP contribution in [0.3, 0.4) is 0 Å². The SMILES string of the molecule is [N-]=[N+]=NC[C@H](CC(=O)O)NC(=O)C1CCC(CNS(=O)(=O)c2ccc(-c3ccccc3)cc2)CC1. The van der Waals surface area contributed by atoms with Gasteiger partial charge in [0.2, 0.25) is 15.9 Å². The molecule has 186 valence electrons. The molecule has 0 heterocycles. The van der Waals surface area contributed by atoms with Crippen molar-refractivity contribution in [3.63, 3.8) is 0 Å². The van der Waals surface area contributed by atoms with Gasteiger partial charge >= 0.3 is 5.97 Å². The van der Waals surface area contributed by atoms with E-state index in [1.54, 1.807) is 24.3 Å². The van der Waals surface area contributed by atoms with Crippen LogP contribution in [0.25, 0.3) is 21.6 Å². The van der Waals surface area contributed by atoms with Gasteiger partial charge in [-0.3, -0.25) is 9.59 Å². The largest absolute Gasteiger partial charge is 0.481 e. The monoisotopic (exact) mass is 499 g/mol. The topological polar surface area (TPSA) is 161 Å². The van der Waals surface area contributed by atoms with E-state index in [9.17, 15) is 18.0 Å². The molecule has 1 saturated carbocycles. The molecule has 1 aliphatic carbocycles. The number of carbonyl (C=O) groups is 2. The lowest BCUT2D eigenvalue weighted by Crippen LogP contribution is -2.43. The highest BCUT2D eigenvalue weighted by Crippen LogP contribution is 2.29. The fourth-order valence-corrected chi connectivity index (χ4v) is 5.34. The highest BCUT2D eigenvalue weighted by molar-refractivity contribution is 7.89. The number of rotatable bonds is 11. The van der Waals surface area contributed by atoms with Crippen LogP contribution in [0.5, 0.6) is 0 Å². The molecule has 2 aromatic carbocycles. The summed E-state index contributed by atoms with van der Waals surface area (Å²) in [6.07, 6.45) is 2.17. The molecule has 1 aliphatic rings. The summed E-state index contributed by atoms with van der Waals surface area (Å²) in [4.78, 5) is 26.3. The minimum Gasteiger partial charge on any atom is -0.481 e. The highest BCUT2D eigenvalue weighted by Gasteiger charge is 2.29. The van der Waals surface area contributed by atoms with Crippen LogP contribution in [0.2, 0.25) is 0 Å². The van der Waals surface area contributed by atoms with Gasteiger partial charge in [-0.25, -0.2) is 13.1 Å². The predicted octanol–water partition coefficient (Wildman–Crippen LogP) is 3.71. The van der Waals surface area contributed by atoms with Gasteiger partial charge in [0, 0.05) is 30.0 Å². The van der Waals surface area contributed by atoms with Crippen molar-refractivity contribution in [3.05, 3.63) is 65.0 Å². The normalized spacial score (nSPS) is 18.7. The fraction of sp³-hybridized carbons (Fsp3) is 0.417. The number of hydrogen-bond donors (Lipinski definition) is 3. The average molecular weight is 500 g/mol. The Balaban J connectivity index is 1.48. The number of aliphatic carboxylic acids is 1. The summed E-state index contributed by atoms with van der Waals surface area (Å²) in [5.41, 5.74) is 10.4. The molecular formula is C24H29N5O5S. The molecular weight excluding hydrogens is 470 g/mol. The molecule has 0 bridgehead atoms. The Morgan fingerprint density at radius 1 is 1.03 bits per heavy atom. The van der Waals surface area contributed by atoms with Crippen LogP contribution in [0.15, 0.2) is 64.6 Å². The van der Waals surface area contributed by atoms with E-state index in [2.05, 4.69) is 20.1 Å². The Hall–Kier alpha value is -3.40. The fourth-order valence-electron chi connectivity index (χ4n) is 4.22. The van der Waals surface area contributed by atoms with Crippen molar-refractivity contribution >= 4 is 21.9 Å². The smallest absolute Gasteiger partial charge is 0.305 e. The molecule has 1 atom stereocenters. The lowest BCUT2D eigenvalue weighted by atomic mass is 9.81. The van der Waals surface area contributed by atoms with Crippen molar-refractivity contribution in [1.29, 1.82) is 0 Å². The Morgan fingerprint density at radius 2 is 1.66 bits per heavy atom. The van der Waals surface area contributed by atoms with E-state index >= 15 is 0 Å². The third kappa shape index (κ3) is 7.81. The van der Waals surface area contributed by atoms with Crippen LogP contribution >= 0.6 is 0 Å². The maximum absolute atomic E-state index is 12.7. The Kier molecular flexibility index (Phi) is 9.25. The van der Waals surface area contributed by atoms with Crippen LogP contribution in [0.1, 0.15) is 32.1 Å². The van der Waals surface area contributed by atoms with E-state index in [1.165, 1.54) is 0 Å². The summed E-state index contributed by atoms with van der Waals surface area (Å²) in [5.74, 6) is -1.53. The van der Waals surface area contributed by atoms with Crippen LogP contribution < -0.4 is 10.0 Å². The number of carboxylic acids is 1. The number of hydrogen-bond acceptors (Lipinski definition) is 5. The minimum atomic E-state index is -3.65. The summed E-state index contributed by atoms with van der Waals surface area (Å²) < 4.78 is 28.2. The number of nitrogens with zero attached hydrogens (tertiary/aromatic N) is 3. The van der Waals surface area contributed by atoms with Gasteiger partial charge in [0.1, 0.15) is 0 Å². The summed E-state index contributed by atoms with van der Waals surface area (Å²) in [6.45, 7) is 0.160. The Labute approximate surface area is 204 Å². The zero-order valence-corrected chi connectivity index (χ0v) is 20.0. The molecule has 2 aromatic rings. The quantitative estimate of drug-likeness (QED) is 0.243. The molecule has 0 spiro atoms.